The van der Waals surface area contributed by atoms with Crippen molar-refractivity contribution < 1.29 is 80.5 Å². The highest BCUT2D eigenvalue weighted by molar-refractivity contribution is 5.67. The summed E-state index contributed by atoms with van der Waals surface area (Å²) in [5.74, 6) is -1.40. The topological polar surface area (TPSA) is 311 Å². The molecule has 0 atom stereocenters. The van der Waals surface area contributed by atoms with Crippen molar-refractivity contribution in [1.29, 1.82) is 0 Å². The number of phenolic OH excluding ortho intramolecular Hbond substituents is 4. The highest BCUT2D eigenvalue weighted by Gasteiger charge is 2.27. The van der Waals surface area contributed by atoms with Crippen LogP contribution in [0.5, 0.6) is 23.0 Å². The van der Waals surface area contributed by atoms with Gasteiger partial charge in [0.2, 0.25) is 0 Å². The Kier molecular flexibility index (Phi) is 43.1. The predicted molar refractivity (Wildman–Crippen MR) is 496 cm³/mol. The first kappa shape index (κ1) is 98.0. The van der Waals surface area contributed by atoms with E-state index in [1.807, 2.05) is 146 Å². The molecular formula is C109H124O16. The lowest BCUT2D eigenvalue weighted by molar-refractivity contribution is -0.138. The first-order valence-electron chi connectivity index (χ1n) is 43.7. The lowest BCUT2D eigenvalue weighted by atomic mass is 9.93. The van der Waals surface area contributed by atoms with Crippen LogP contribution in [0.4, 0.5) is 0 Å². The Morgan fingerprint density at radius 3 is 0.440 bits per heavy atom. The summed E-state index contributed by atoms with van der Waals surface area (Å²) < 4.78 is 0. The molecule has 12 aromatic rings. The zero-order chi connectivity index (χ0) is 89.2. The number of carbonyl (C=O) groups is 4. The number of benzene rings is 12. The van der Waals surface area contributed by atoms with E-state index in [-0.39, 0.29) is 25.7 Å². The third-order valence-electron chi connectivity index (χ3n) is 22.0. The van der Waals surface area contributed by atoms with E-state index in [0.717, 1.165) is 122 Å². The predicted octanol–water partition coefficient (Wildman–Crippen LogP) is 21.0. The first-order chi connectivity index (χ1) is 60.7. The molecule has 0 bridgehead atoms. The van der Waals surface area contributed by atoms with Gasteiger partial charge in [-0.1, -0.05) is 317 Å². The summed E-state index contributed by atoms with van der Waals surface area (Å²) in [7, 11) is 0. The van der Waals surface area contributed by atoms with Gasteiger partial charge in [-0.05, 0) is 188 Å². The van der Waals surface area contributed by atoms with Gasteiger partial charge in [-0.3, -0.25) is 19.2 Å². The van der Waals surface area contributed by atoms with Gasteiger partial charge in [0.15, 0.2) is 0 Å². The van der Waals surface area contributed by atoms with Gasteiger partial charge in [0.1, 0.15) is 23.0 Å². The quantitative estimate of drug-likeness (QED) is 0.0158. The Labute approximate surface area is 737 Å². The number of phenols is 4. The van der Waals surface area contributed by atoms with Crippen molar-refractivity contribution in [2.75, 3.05) is 26.4 Å². The number of carboxylic acids is 4. The van der Waals surface area contributed by atoms with Crippen molar-refractivity contribution in [2.24, 2.45) is 5.41 Å². The second-order valence-corrected chi connectivity index (χ2v) is 32.3. The van der Waals surface area contributed by atoms with Gasteiger partial charge in [-0.15, -0.1) is 0 Å². The van der Waals surface area contributed by atoms with Crippen LogP contribution in [0.25, 0.3) is 0 Å². The molecule has 656 valence electrons. The Bertz CT molecular complexity index is 4230. The molecule has 0 fully saturated rings. The summed E-state index contributed by atoms with van der Waals surface area (Å²) in [5, 5.41) is 113. The van der Waals surface area contributed by atoms with Gasteiger partial charge in [0.05, 0.1) is 31.8 Å². The number of hydrogen-bond donors (Lipinski definition) is 12. The number of hydrogen-bond acceptors (Lipinski definition) is 12. The van der Waals surface area contributed by atoms with Gasteiger partial charge in [0, 0.05) is 77.0 Å². The number of aliphatic carboxylic acids is 4. The lowest BCUT2D eigenvalue weighted by Gasteiger charge is -2.23. The number of rotatable bonds is 44. The van der Waals surface area contributed by atoms with Gasteiger partial charge >= 0.3 is 23.9 Å². The van der Waals surface area contributed by atoms with E-state index in [1.54, 1.807) is 0 Å². The largest absolute Gasteiger partial charge is 0.507 e. The number of unbranched alkanes of at least 4 members (excludes halogenated alkanes) is 8. The zero-order valence-corrected chi connectivity index (χ0v) is 71.8. The van der Waals surface area contributed by atoms with Gasteiger partial charge in [-0.2, -0.15) is 0 Å². The van der Waals surface area contributed by atoms with Gasteiger partial charge in [-0.25, -0.2) is 0 Å². The van der Waals surface area contributed by atoms with Crippen molar-refractivity contribution >= 4 is 23.9 Å². The van der Waals surface area contributed by atoms with E-state index in [4.69, 9.17) is 40.9 Å². The molecule has 16 nitrogen and oxygen atoms in total. The molecular weight excluding hydrogens is 1570 g/mol. The molecule has 0 radical (unpaired) electrons. The molecule has 12 aromatic carbocycles. The van der Waals surface area contributed by atoms with E-state index in [1.165, 1.54) is 66.8 Å². The second-order valence-electron chi connectivity index (χ2n) is 32.3. The minimum absolute atomic E-state index is 0.230. The average molecular weight is 1690 g/mol. The van der Waals surface area contributed by atoms with Crippen LogP contribution in [0.2, 0.25) is 0 Å². The molecule has 125 heavy (non-hydrogen) atoms. The van der Waals surface area contributed by atoms with Crippen molar-refractivity contribution in [3.05, 3.63) is 402 Å². The molecule has 0 spiro atoms. The van der Waals surface area contributed by atoms with Crippen LogP contribution >= 0.6 is 0 Å². The Balaban J connectivity index is 0.000000200. The molecule has 0 amide bonds. The average Bonchev–Trinajstić information content (AvgIpc) is 0.834. The van der Waals surface area contributed by atoms with Crippen LogP contribution < -0.4 is 0 Å². The summed E-state index contributed by atoms with van der Waals surface area (Å²) in [6, 6.07) is 98.4. The van der Waals surface area contributed by atoms with E-state index < -0.39 is 55.7 Å². The fourth-order valence-corrected chi connectivity index (χ4v) is 14.9. The summed E-state index contributed by atoms with van der Waals surface area (Å²) in [4.78, 5) is 42.7. The number of aliphatic hydroxyl groups is 4. The monoisotopic (exact) mass is 1690 g/mol. The normalized spacial score (nSPS) is 10.8. The van der Waals surface area contributed by atoms with Crippen LogP contribution in [0.1, 0.15) is 214 Å². The maximum Gasteiger partial charge on any atom is 0.303 e. The van der Waals surface area contributed by atoms with Crippen LogP contribution in [0.15, 0.2) is 291 Å². The Hall–Kier alpha value is -12.4. The van der Waals surface area contributed by atoms with Gasteiger partial charge < -0.3 is 61.3 Å². The fourth-order valence-electron chi connectivity index (χ4n) is 14.9. The molecule has 0 saturated carbocycles. The third-order valence-corrected chi connectivity index (χ3v) is 22.0. The molecule has 0 aliphatic rings. The number of aliphatic hydroxyl groups excluding tert-OH is 4. The van der Waals surface area contributed by atoms with Crippen LogP contribution in [-0.4, -0.2) is 112 Å². The fraction of sp³-hybridized carbons (Fsp3) is 0.303. The first-order valence-corrected chi connectivity index (χ1v) is 43.7. The second kappa shape index (κ2) is 54.9. The van der Waals surface area contributed by atoms with Gasteiger partial charge in [0.25, 0.3) is 0 Å². The van der Waals surface area contributed by atoms with E-state index in [2.05, 4.69) is 146 Å². The highest BCUT2D eigenvalue weighted by atomic mass is 16.4. The molecule has 16 heteroatoms. The molecule has 0 aromatic heterocycles. The van der Waals surface area contributed by atoms with Crippen LogP contribution in [-0.2, 0) is 96.2 Å². The zero-order valence-electron chi connectivity index (χ0n) is 71.8. The molecule has 0 unspecified atom stereocenters. The number of carboxylic acid groups (broad SMARTS) is 4. The molecule has 12 N–H and O–H groups in total. The smallest absolute Gasteiger partial charge is 0.303 e. The molecule has 12 rings (SSSR count). The summed E-state index contributed by atoms with van der Waals surface area (Å²) in [6.45, 7) is -1.62. The maximum absolute atomic E-state index is 10.9. The van der Waals surface area contributed by atoms with Crippen molar-refractivity contribution in [3.63, 3.8) is 0 Å². The van der Waals surface area contributed by atoms with Crippen molar-refractivity contribution in [2.45, 2.75) is 180 Å². The van der Waals surface area contributed by atoms with E-state index in [9.17, 15) is 39.6 Å². The van der Waals surface area contributed by atoms with Crippen molar-refractivity contribution in [1.82, 2.24) is 0 Å². The summed E-state index contributed by atoms with van der Waals surface area (Å²) >= 11 is 0. The van der Waals surface area contributed by atoms with E-state index in [0.29, 0.717) is 100 Å². The minimum atomic E-state index is -1.11. The standard InChI is InChI=1S/4C26H28O3.C5H12O4/c4*27-25(28)15-9-3-8-14-22-18-23(16-20-10-4-1-5-11-20)26(29)24(19-22)17-21-12-6-2-7-13-21;6-1-5(2-7,3-8)4-9/h4*1-2,4-7,10-13,18-19,29H,3,8-9,14-17H2,(H,27,28);6-9H,1-4H2. The molecule has 0 saturated heterocycles. The SMILES string of the molecule is O=C(O)CCCCCc1cc(Cc2ccccc2)c(O)c(Cc2ccccc2)c1.O=C(O)CCCCCc1cc(Cc2ccccc2)c(O)c(Cc2ccccc2)c1.O=C(O)CCCCCc1cc(Cc2ccccc2)c(O)c(Cc2ccccc2)c1.O=C(O)CCCCCc1cc(Cc2ccccc2)c(O)c(Cc2ccccc2)c1.OCC(CO)(CO)CO. The third kappa shape index (κ3) is 36.5. The highest BCUT2D eigenvalue weighted by Crippen LogP contribution is 2.35. The number of aryl methyl sites for hydroxylation is 4. The Morgan fingerprint density at radius 2 is 0.328 bits per heavy atom. The summed E-state index contributed by atoms with van der Waals surface area (Å²) in [5.41, 5.74) is 20.7. The minimum Gasteiger partial charge on any atom is -0.507 e. The molecule has 0 heterocycles. The maximum atomic E-state index is 10.9. The lowest BCUT2D eigenvalue weighted by Crippen LogP contribution is -2.37. The molecule has 0 aliphatic carbocycles. The van der Waals surface area contributed by atoms with E-state index >= 15 is 0 Å². The number of aromatic hydroxyl groups is 4. The van der Waals surface area contributed by atoms with Crippen LogP contribution in [0.3, 0.4) is 0 Å². The van der Waals surface area contributed by atoms with Crippen LogP contribution in [0, 0.1) is 5.41 Å². The van der Waals surface area contributed by atoms with Crippen molar-refractivity contribution in [3.8, 4) is 23.0 Å². The Morgan fingerprint density at radius 1 is 0.192 bits per heavy atom. The summed E-state index contributed by atoms with van der Waals surface area (Å²) in [6.07, 6.45) is 20.3. The molecule has 0 aliphatic heterocycles.